The van der Waals surface area contributed by atoms with Gasteiger partial charge >= 0.3 is 0 Å². The van der Waals surface area contributed by atoms with Gasteiger partial charge in [-0.25, -0.2) is 5.48 Å². The Morgan fingerprint density at radius 1 is 1.14 bits per heavy atom. The van der Waals surface area contributed by atoms with Crippen molar-refractivity contribution < 1.29 is 14.8 Å². The van der Waals surface area contributed by atoms with Crippen molar-refractivity contribution in [3.63, 3.8) is 0 Å². The Morgan fingerprint density at radius 2 is 1.81 bits per heavy atom. The van der Waals surface area contributed by atoms with E-state index < -0.39 is 5.91 Å². The molecule has 0 saturated heterocycles. The molecule has 0 aliphatic heterocycles. The monoisotopic (exact) mass is 287 g/mol. The number of hydrogen-bond acceptors (Lipinski definition) is 3. The molecule has 1 atom stereocenters. The van der Waals surface area contributed by atoms with Gasteiger partial charge in [0.25, 0.3) is 11.8 Å². The van der Waals surface area contributed by atoms with Crippen molar-refractivity contribution in [1.82, 2.24) is 15.4 Å². The van der Waals surface area contributed by atoms with E-state index in [1.807, 2.05) is 26.2 Å². The smallest absolute Gasteiger partial charge is 0.274 e. The summed E-state index contributed by atoms with van der Waals surface area (Å²) in [6.45, 7) is 1.86. The van der Waals surface area contributed by atoms with Crippen LogP contribution >= 0.6 is 0 Å². The third-order valence-corrected chi connectivity index (χ3v) is 3.30. The molecule has 0 saturated carbocycles. The highest BCUT2D eigenvalue weighted by Crippen LogP contribution is 2.14. The first-order valence-electron chi connectivity index (χ1n) is 6.49. The first-order valence-corrected chi connectivity index (χ1v) is 6.49. The number of nitrogens with one attached hydrogen (secondary N) is 2. The number of rotatable bonds is 4. The summed E-state index contributed by atoms with van der Waals surface area (Å²) in [5.41, 5.74) is 3.37. The lowest BCUT2D eigenvalue weighted by Crippen LogP contribution is -2.28. The third-order valence-electron chi connectivity index (χ3n) is 3.30. The second-order valence-corrected chi connectivity index (χ2v) is 4.76. The number of aromatic nitrogens is 1. The van der Waals surface area contributed by atoms with Gasteiger partial charge in [-0.05, 0) is 36.8 Å². The summed E-state index contributed by atoms with van der Waals surface area (Å²) >= 11 is 0. The summed E-state index contributed by atoms with van der Waals surface area (Å²) in [5.74, 6) is -0.728. The molecule has 110 valence electrons. The zero-order valence-corrected chi connectivity index (χ0v) is 11.8. The molecule has 0 radical (unpaired) electrons. The van der Waals surface area contributed by atoms with Crippen LogP contribution in [0.1, 0.15) is 39.4 Å². The molecule has 1 heterocycles. The van der Waals surface area contributed by atoms with Crippen molar-refractivity contribution in [1.29, 1.82) is 0 Å². The molecular weight excluding hydrogens is 270 g/mol. The molecule has 2 rings (SSSR count). The first kappa shape index (κ1) is 14.8. The summed E-state index contributed by atoms with van der Waals surface area (Å²) in [5, 5.41) is 11.5. The number of aryl methyl sites for hydroxylation is 1. The number of benzene rings is 1. The van der Waals surface area contributed by atoms with Gasteiger partial charge in [0.05, 0.1) is 6.04 Å². The van der Waals surface area contributed by atoms with Crippen LogP contribution in [0.15, 0.2) is 42.6 Å². The van der Waals surface area contributed by atoms with Gasteiger partial charge in [-0.15, -0.1) is 0 Å². The molecule has 0 fully saturated rings. The van der Waals surface area contributed by atoms with Gasteiger partial charge in [-0.3, -0.25) is 14.8 Å². The summed E-state index contributed by atoms with van der Waals surface area (Å²) in [6.07, 6.45) is 1.81. The molecule has 3 N–H and O–H groups in total. The van der Waals surface area contributed by atoms with E-state index in [2.05, 4.69) is 5.32 Å². The Morgan fingerprint density at radius 3 is 2.33 bits per heavy atom. The van der Waals surface area contributed by atoms with Crippen LogP contribution in [0.4, 0.5) is 0 Å². The predicted molar refractivity (Wildman–Crippen MR) is 77.0 cm³/mol. The van der Waals surface area contributed by atoms with Crippen molar-refractivity contribution in [2.75, 3.05) is 0 Å². The van der Waals surface area contributed by atoms with Gasteiger partial charge in [0, 0.05) is 18.8 Å². The van der Waals surface area contributed by atoms with E-state index in [0.717, 1.165) is 5.56 Å². The minimum atomic E-state index is -0.568. The lowest BCUT2D eigenvalue weighted by atomic mass is 10.1. The second kappa shape index (κ2) is 6.23. The summed E-state index contributed by atoms with van der Waals surface area (Å²) in [4.78, 5) is 23.3. The number of nitrogens with zero attached hydrogens (tertiary/aromatic N) is 1. The number of hydroxylamine groups is 1. The Kier molecular flexibility index (Phi) is 4.39. The van der Waals surface area contributed by atoms with E-state index in [1.165, 1.54) is 0 Å². The quantitative estimate of drug-likeness (QED) is 0.590. The number of carbonyl (C=O) groups excluding carboxylic acids is 2. The van der Waals surface area contributed by atoms with Crippen molar-refractivity contribution in [2.45, 2.75) is 13.0 Å². The Bertz CT molecular complexity index is 646. The lowest BCUT2D eigenvalue weighted by Gasteiger charge is -2.15. The molecule has 0 bridgehead atoms. The lowest BCUT2D eigenvalue weighted by molar-refractivity contribution is 0.0706. The highest BCUT2D eigenvalue weighted by molar-refractivity contribution is 5.94. The molecule has 6 heteroatoms. The first-order chi connectivity index (χ1) is 10.0. The number of amides is 2. The predicted octanol–water partition coefficient (Wildman–Crippen LogP) is 1.64. The van der Waals surface area contributed by atoms with Crippen molar-refractivity contribution in [2.24, 2.45) is 7.05 Å². The van der Waals surface area contributed by atoms with Crippen LogP contribution in [-0.4, -0.2) is 21.6 Å². The molecule has 21 heavy (non-hydrogen) atoms. The van der Waals surface area contributed by atoms with Crippen LogP contribution in [0.25, 0.3) is 0 Å². The Hall–Kier alpha value is -2.60. The normalized spacial score (nSPS) is 11.8. The Labute approximate surface area is 122 Å². The third kappa shape index (κ3) is 3.29. The molecule has 0 aliphatic carbocycles. The van der Waals surface area contributed by atoms with E-state index in [1.54, 1.807) is 40.4 Å². The maximum Gasteiger partial charge on any atom is 0.274 e. The van der Waals surface area contributed by atoms with Gasteiger partial charge in [-0.2, -0.15) is 0 Å². The standard InChI is InChI=1S/C15H17N3O3/c1-10(16-15(20)13-4-3-9-18(13)2)11-5-7-12(8-6-11)14(19)17-21/h3-10,21H,1-2H3,(H,16,20)(H,17,19)/t10-/m0/s1. The van der Waals surface area contributed by atoms with E-state index in [-0.39, 0.29) is 11.9 Å². The van der Waals surface area contributed by atoms with E-state index in [9.17, 15) is 9.59 Å². The van der Waals surface area contributed by atoms with Gasteiger partial charge in [0.2, 0.25) is 0 Å². The summed E-state index contributed by atoms with van der Waals surface area (Å²) in [7, 11) is 1.81. The summed E-state index contributed by atoms with van der Waals surface area (Å²) in [6, 6.07) is 10.0. The van der Waals surface area contributed by atoms with E-state index in [0.29, 0.717) is 11.3 Å². The SMILES string of the molecule is C[C@H](NC(=O)c1cccn1C)c1ccc(C(=O)NO)cc1. The largest absolute Gasteiger partial charge is 0.347 e. The molecule has 2 aromatic rings. The highest BCUT2D eigenvalue weighted by Gasteiger charge is 2.14. The van der Waals surface area contributed by atoms with Gasteiger partial charge < -0.3 is 9.88 Å². The topological polar surface area (TPSA) is 83.4 Å². The van der Waals surface area contributed by atoms with Gasteiger partial charge in [0.1, 0.15) is 5.69 Å². The highest BCUT2D eigenvalue weighted by atomic mass is 16.5. The van der Waals surface area contributed by atoms with Crippen molar-refractivity contribution in [3.05, 3.63) is 59.4 Å². The maximum absolute atomic E-state index is 12.1. The average molecular weight is 287 g/mol. The zero-order valence-electron chi connectivity index (χ0n) is 11.8. The van der Waals surface area contributed by atoms with Crippen LogP contribution in [-0.2, 0) is 7.05 Å². The van der Waals surface area contributed by atoms with Gasteiger partial charge in [0.15, 0.2) is 0 Å². The minimum Gasteiger partial charge on any atom is -0.347 e. The van der Waals surface area contributed by atoms with Crippen LogP contribution in [0.5, 0.6) is 0 Å². The number of hydrogen-bond donors (Lipinski definition) is 3. The second-order valence-electron chi connectivity index (χ2n) is 4.76. The van der Waals surface area contributed by atoms with Crippen molar-refractivity contribution >= 4 is 11.8 Å². The zero-order chi connectivity index (χ0) is 15.4. The summed E-state index contributed by atoms with van der Waals surface area (Å²) < 4.78 is 1.75. The fourth-order valence-corrected chi connectivity index (χ4v) is 2.04. The fourth-order valence-electron chi connectivity index (χ4n) is 2.04. The minimum absolute atomic E-state index is 0.160. The Balaban J connectivity index is 2.07. The van der Waals surface area contributed by atoms with Crippen LogP contribution in [0.3, 0.4) is 0 Å². The van der Waals surface area contributed by atoms with E-state index >= 15 is 0 Å². The average Bonchev–Trinajstić information content (AvgIpc) is 2.92. The number of carbonyl (C=O) groups is 2. The maximum atomic E-state index is 12.1. The molecule has 0 spiro atoms. The van der Waals surface area contributed by atoms with Crippen molar-refractivity contribution in [3.8, 4) is 0 Å². The van der Waals surface area contributed by atoms with Gasteiger partial charge in [-0.1, -0.05) is 12.1 Å². The van der Waals surface area contributed by atoms with Crippen LogP contribution < -0.4 is 10.8 Å². The molecular formula is C15H17N3O3. The molecule has 0 unspecified atom stereocenters. The molecule has 2 amide bonds. The molecule has 0 aliphatic rings. The fraction of sp³-hybridized carbons (Fsp3) is 0.200. The van der Waals surface area contributed by atoms with Crippen LogP contribution in [0.2, 0.25) is 0 Å². The van der Waals surface area contributed by atoms with Crippen LogP contribution in [0, 0.1) is 0 Å². The molecule has 6 nitrogen and oxygen atoms in total. The molecule has 1 aromatic carbocycles. The molecule has 1 aromatic heterocycles. The van der Waals surface area contributed by atoms with E-state index in [4.69, 9.17) is 5.21 Å².